The second-order valence-corrected chi connectivity index (χ2v) is 44.0. The van der Waals surface area contributed by atoms with Crippen LogP contribution in [-0.2, 0) is 9.47 Å². The molecular formula is C89H107Cl5N40O2S5. The number of halogens is 5. The van der Waals surface area contributed by atoms with Crippen LogP contribution < -0.4 is 81.8 Å². The number of nitrogens with two attached hydrogens (primary N) is 10. The topological polar surface area (TPSA) is 575 Å². The van der Waals surface area contributed by atoms with Gasteiger partial charge in [-0.2, -0.15) is 48.1 Å². The van der Waals surface area contributed by atoms with E-state index in [-0.39, 0.29) is 40.0 Å². The average Bonchev–Trinajstić information content (AvgIpc) is 1.65. The maximum Gasteiger partial charge on any atom is 0.190 e. The standard InChI is InChI=1S/C19H23ClN8OS.C19H23ClN8S.C18H21ClN8OS.C17H21ClN8S.C16H19ClN8S/c1-11-15(21)19(9-29-11)3-6-27(7-4-19)13-8-24-18(17-25-10-26-28(13)17)30-12-2-5-23-16(22)14(12)20;20-15-12(3-7-23-16(15)22)29-18-17-25-11-26-28(17)14(10-24-18)27-8-5-19(6-9-27)4-1-2-13(19)21;19-14-11(1-4-22-15(14)21)29-17-16-24-10-25-27(16)13(7-23-17)26-5-2-18(3-6-26)9-28-8-12(18)20;1-17(9-19)3-6-25(7-4-17)12-8-22-16(15-23-10-24-26(12)15)27-11-2-5-21-14(20)13(11)18;1-16(19)3-6-24(7-4-16)11-8-21-15(14-22-9-23-25(11)14)26-10-2-5-20-13(18)12(10)17/h2,5,8,10-11,15H,3-4,6-7,9,21H2,1H3,(H2,22,23);3,7,10-11,13H,1-2,4-6,8-9,21H2,(H2,22,23);1,4,7,10,12H,2-3,5-6,8-9,20H2,(H2,21,22);2,5,8,10H,3-4,6-7,9,19H2,1H3,(H2,20,21);2,5,8-9H,3-4,6-7,19H2,1H3,(H2,18,20). The minimum absolute atomic E-state index is 0.0681. The van der Waals surface area contributed by atoms with Gasteiger partial charge >= 0.3 is 0 Å². The summed E-state index contributed by atoms with van der Waals surface area (Å²) in [6.45, 7) is 18.3. The van der Waals surface area contributed by atoms with E-state index >= 15 is 0 Å². The normalized spacial score (nSPS) is 20.1. The van der Waals surface area contributed by atoms with Crippen LogP contribution in [0.2, 0.25) is 25.1 Å². The zero-order chi connectivity index (χ0) is 98.2. The molecule has 15 aromatic heterocycles. The molecule has 7 saturated heterocycles. The molecule has 4 atom stereocenters. The van der Waals surface area contributed by atoms with E-state index in [0.717, 1.165) is 208 Å². The monoisotopic (exact) mass is 2100 g/mol. The van der Waals surface area contributed by atoms with Gasteiger partial charge in [-0.05, 0) is 139 Å². The lowest BCUT2D eigenvalue weighted by Gasteiger charge is -2.42. The molecule has 23 rings (SSSR count). The summed E-state index contributed by atoms with van der Waals surface area (Å²) in [7, 11) is 0. The first kappa shape index (κ1) is 99.2. The molecule has 8 fully saturated rings. The van der Waals surface area contributed by atoms with Crippen LogP contribution in [0, 0.1) is 21.7 Å². The van der Waals surface area contributed by atoms with Crippen LogP contribution in [0.4, 0.5) is 58.2 Å². The summed E-state index contributed by atoms with van der Waals surface area (Å²) in [5.41, 5.74) is 64.4. The third-order valence-electron chi connectivity index (χ3n) is 28.3. The number of piperidine rings is 5. The number of hydrogen-bond donors (Lipinski definition) is 10. The number of aromatic nitrogens is 25. The fourth-order valence-electron chi connectivity index (χ4n) is 19.2. The Hall–Kier alpha value is -10.6. The minimum Gasteiger partial charge on any atom is -0.382 e. The van der Waals surface area contributed by atoms with Gasteiger partial charge in [-0.15, -0.1) is 0 Å². The highest BCUT2D eigenvalue weighted by Crippen LogP contribution is 2.50. The van der Waals surface area contributed by atoms with Crippen LogP contribution in [0.5, 0.6) is 0 Å². The van der Waals surface area contributed by atoms with Crippen molar-refractivity contribution in [2.75, 3.05) is 145 Å². The summed E-state index contributed by atoms with van der Waals surface area (Å²) in [6, 6.07) is 9.59. The van der Waals surface area contributed by atoms with Gasteiger partial charge in [-0.25, -0.2) is 74.8 Å². The summed E-state index contributed by atoms with van der Waals surface area (Å²) >= 11 is 38.4. The molecule has 740 valence electrons. The van der Waals surface area contributed by atoms with Gasteiger partial charge in [-0.1, -0.05) is 130 Å². The van der Waals surface area contributed by atoms with Crippen LogP contribution in [0.1, 0.15) is 104 Å². The second-order valence-electron chi connectivity index (χ2n) is 37.0. The number of nitrogens with zero attached hydrogens (tertiary/aromatic N) is 30. The lowest BCUT2D eigenvalue weighted by molar-refractivity contribution is 0.0973. The number of rotatable bonds is 16. The van der Waals surface area contributed by atoms with Crippen molar-refractivity contribution in [2.24, 2.45) is 50.3 Å². The Morgan fingerprint density at radius 3 is 0.887 bits per heavy atom. The van der Waals surface area contributed by atoms with Crippen LogP contribution in [0.25, 0.3) is 28.2 Å². The number of pyridine rings is 5. The molecule has 3 spiro atoms. The summed E-state index contributed by atoms with van der Waals surface area (Å²) in [5, 5.41) is 27.8. The predicted molar refractivity (Wildman–Crippen MR) is 551 cm³/mol. The highest BCUT2D eigenvalue weighted by molar-refractivity contribution is 8.00. The number of hydrogen-bond acceptors (Lipinski definition) is 42. The van der Waals surface area contributed by atoms with Crippen molar-refractivity contribution in [1.29, 1.82) is 0 Å². The van der Waals surface area contributed by atoms with E-state index in [0.29, 0.717) is 127 Å². The fraction of sp³-hybridized carbons (Fsp3) is 0.438. The maximum absolute atomic E-state index is 6.45. The van der Waals surface area contributed by atoms with E-state index in [9.17, 15) is 0 Å². The zero-order valence-electron chi connectivity index (χ0n) is 77.4. The van der Waals surface area contributed by atoms with Gasteiger partial charge in [0, 0.05) is 155 Å². The van der Waals surface area contributed by atoms with E-state index in [2.05, 4.69) is 146 Å². The zero-order valence-corrected chi connectivity index (χ0v) is 85.2. The Kier molecular flexibility index (Phi) is 29.5. The van der Waals surface area contributed by atoms with Crippen molar-refractivity contribution < 1.29 is 9.47 Å². The van der Waals surface area contributed by atoms with Gasteiger partial charge in [0.15, 0.2) is 57.3 Å². The molecule has 22 heterocycles. The lowest BCUT2D eigenvalue weighted by atomic mass is 9.73. The highest BCUT2D eigenvalue weighted by Gasteiger charge is 2.49. The fourth-order valence-corrected chi connectivity index (χ4v) is 24.7. The van der Waals surface area contributed by atoms with E-state index in [1.165, 1.54) is 78.0 Å². The largest absolute Gasteiger partial charge is 0.382 e. The van der Waals surface area contributed by atoms with Crippen LogP contribution in [0.3, 0.4) is 0 Å². The number of fused-ring (bicyclic) bond motifs is 5. The Morgan fingerprint density at radius 1 is 0.355 bits per heavy atom. The van der Waals surface area contributed by atoms with Crippen molar-refractivity contribution >= 4 is 203 Å². The molecule has 0 amide bonds. The minimum atomic E-state index is -0.112. The molecule has 1 saturated carbocycles. The van der Waals surface area contributed by atoms with Crippen molar-refractivity contribution in [3.05, 3.63) is 149 Å². The number of anilines is 10. The molecule has 20 N–H and O–H groups in total. The Labute approximate surface area is 857 Å². The van der Waals surface area contributed by atoms with Crippen LogP contribution >= 0.6 is 117 Å². The van der Waals surface area contributed by atoms with Gasteiger partial charge in [0.25, 0.3) is 0 Å². The molecule has 8 aliphatic rings. The third-order valence-corrected chi connectivity index (χ3v) is 36.0. The maximum atomic E-state index is 6.45. The van der Waals surface area contributed by atoms with Gasteiger partial charge in [0.2, 0.25) is 0 Å². The second kappa shape index (κ2) is 42.0. The molecular weight excluding hydrogens is 2000 g/mol. The number of nitrogen functional groups attached to an aromatic ring is 5. The van der Waals surface area contributed by atoms with Gasteiger partial charge in [0.1, 0.15) is 85.9 Å². The van der Waals surface area contributed by atoms with E-state index in [4.69, 9.17) is 125 Å². The lowest BCUT2D eigenvalue weighted by Crippen LogP contribution is -2.51. The molecule has 52 heteroatoms. The smallest absolute Gasteiger partial charge is 0.190 e. The van der Waals surface area contributed by atoms with Gasteiger partial charge in [-0.3, -0.25) is 0 Å². The van der Waals surface area contributed by atoms with Crippen molar-refractivity contribution in [1.82, 2.24) is 123 Å². The van der Waals surface area contributed by atoms with Crippen molar-refractivity contribution in [3.63, 3.8) is 0 Å². The van der Waals surface area contributed by atoms with Crippen molar-refractivity contribution in [3.8, 4) is 0 Å². The van der Waals surface area contributed by atoms with Gasteiger partial charge < -0.3 is 91.3 Å². The Balaban J connectivity index is 0.000000112. The summed E-state index contributed by atoms with van der Waals surface area (Å²) < 4.78 is 20.6. The first-order valence-corrected chi connectivity index (χ1v) is 52.1. The molecule has 0 aromatic carbocycles. The van der Waals surface area contributed by atoms with Crippen LogP contribution in [-0.4, -0.2) is 244 Å². The van der Waals surface area contributed by atoms with E-state index in [1.54, 1.807) is 62.4 Å². The predicted octanol–water partition coefficient (Wildman–Crippen LogP) is 11.8. The Bertz CT molecular complexity index is 6830. The molecule has 42 nitrogen and oxygen atoms in total. The quantitative estimate of drug-likeness (QED) is 0.0429. The first-order chi connectivity index (χ1) is 68.1. The van der Waals surface area contributed by atoms with E-state index in [1.807, 2.05) is 77.8 Å². The SMILES string of the molecule is CC1(CN)CCN(c2cnc(Sc3ccnc(N)c3Cl)c3ncnn23)CC1.CC1(N)CCN(c2cnc(Sc3ccnc(N)c3Cl)c3ncnn23)CC1.CC1OCC2(CCN(c3cnc(Sc4ccnc(N)c4Cl)c4ncnn34)CC2)C1N.Nc1nccc(Sc2ncc(N3CCC4(CC3)COCC4N)n3ncnc23)c1Cl.Nc1nccc(Sc2ncc(N3CCC4(CCCC4N)CC3)n3ncnc23)c1Cl. The van der Waals surface area contributed by atoms with Crippen LogP contribution in [0.15, 0.2) is 174 Å². The molecule has 7 aliphatic heterocycles. The molecule has 15 aromatic rings. The number of ether oxygens (including phenoxy) is 2. The molecule has 1 aliphatic carbocycles. The molecule has 0 bridgehead atoms. The highest BCUT2D eigenvalue weighted by atomic mass is 35.5. The molecule has 141 heavy (non-hydrogen) atoms. The summed E-state index contributed by atoms with van der Waals surface area (Å²) in [6.07, 6.45) is 39.0. The Morgan fingerprint density at radius 2 is 0.631 bits per heavy atom. The molecule has 0 radical (unpaired) electrons. The summed E-state index contributed by atoms with van der Waals surface area (Å²) in [5.74, 6) is 6.14. The van der Waals surface area contributed by atoms with Crippen molar-refractivity contribution in [2.45, 2.75) is 184 Å². The van der Waals surface area contributed by atoms with E-state index < -0.39 is 0 Å². The third kappa shape index (κ3) is 20.6. The summed E-state index contributed by atoms with van der Waals surface area (Å²) in [4.78, 5) is 80.6. The average molecular weight is 2110 g/mol. The molecule has 4 unspecified atom stereocenters. The van der Waals surface area contributed by atoms with Gasteiger partial charge in [0.05, 0.1) is 82.0 Å². The first-order valence-electron chi connectivity index (χ1n) is 46.1.